The van der Waals surface area contributed by atoms with E-state index in [9.17, 15) is 4.79 Å². The average molecular weight is 187 g/mol. The number of rotatable bonds is 0. The van der Waals surface area contributed by atoms with Crippen LogP contribution < -0.4 is 5.43 Å². The maximum absolute atomic E-state index is 11.6. The van der Waals surface area contributed by atoms with E-state index in [-0.39, 0.29) is 5.43 Å². The number of hydrogen-bond acceptors (Lipinski definition) is 1. The van der Waals surface area contributed by atoms with Gasteiger partial charge in [0.25, 0.3) is 0 Å². The molecule has 2 nitrogen and oxygen atoms in total. The van der Waals surface area contributed by atoms with Crippen LogP contribution in [-0.4, -0.2) is 4.57 Å². The lowest BCUT2D eigenvalue weighted by atomic mass is 10.0. The van der Waals surface area contributed by atoms with Gasteiger partial charge in [0.05, 0.1) is 5.69 Å². The minimum absolute atomic E-state index is 0.107. The van der Waals surface area contributed by atoms with Gasteiger partial charge < -0.3 is 4.57 Å². The lowest BCUT2D eigenvalue weighted by Gasteiger charge is -2.16. The lowest BCUT2D eigenvalue weighted by molar-refractivity contribution is 0.859. The van der Waals surface area contributed by atoms with E-state index in [2.05, 4.69) is 0 Å². The SMILES string of the molecule is Cc1cc(C)n(C)c2cccc(=O)c1-2. The summed E-state index contributed by atoms with van der Waals surface area (Å²) < 4.78 is 2.05. The maximum Gasteiger partial charge on any atom is 0.188 e. The number of hydrogen-bond donors (Lipinski definition) is 0. The fourth-order valence-electron chi connectivity index (χ4n) is 1.87. The van der Waals surface area contributed by atoms with Crippen LogP contribution in [0.2, 0.25) is 0 Å². The third-order valence-electron chi connectivity index (χ3n) is 2.71. The molecule has 1 heterocycles. The maximum atomic E-state index is 11.6. The zero-order valence-corrected chi connectivity index (χ0v) is 8.66. The number of nitrogens with zero attached hydrogens (tertiary/aromatic N) is 1. The molecule has 0 atom stereocenters. The van der Waals surface area contributed by atoms with Gasteiger partial charge in [0.15, 0.2) is 5.43 Å². The predicted octanol–water partition coefficient (Wildman–Crippen LogP) is 2.11. The first kappa shape index (κ1) is 9.00. The Balaban J connectivity index is 2.99. The summed E-state index contributed by atoms with van der Waals surface area (Å²) in [4.78, 5) is 11.6. The molecule has 14 heavy (non-hydrogen) atoms. The van der Waals surface area contributed by atoms with Gasteiger partial charge in [0, 0.05) is 18.3 Å². The Morgan fingerprint density at radius 1 is 1.21 bits per heavy atom. The lowest BCUT2D eigenvalue weighted by Crippen LogP contribution is -2.12. The van der Waals surface area contributed by atoms with Crippen molar-refractivity contribution >= 4 is 0 Å². The van der Waals surface area contributed by atoms with Gasteiger partial charge in [-0.1, -0.05) is 6.07 Å². The summed E-state index contributed by atoms with van der Waals surface area (Å²) >= 11 is 0. The molecule has 0 amide bonds. The molecular formula is C12H13NO. The van der Waals surface area contributed by atoms with Crippen LogP contribution in [0.1, 0.15) is 11.3 Å². The first-order valence-electron chi connectivity index (χ1n) is 4.67. The fourth-order valence-corrected chi connectivity index (χ4v) is 1.87. The minimum atomic E-state index is 0.107. The number of pyridine rings is 1. The topological polar surface area (TPSA) is 22.0 Å². The summed E-state index contributed by atoms with van der Waals surface area (Å²) in [6, 6.07) is 7.45. The van der Waals surface area contributed by atoms with Crippen LogP contribution in [0.4, 0.5) is 0 Å². The van der Waals surface area contributed by atoms with Gasteiger partial charge in [-0.2, -0.15) is 0 Å². The molecule has 0 fully saturated rings. The zero-order chi connectivity index (χ0) is 10.3. The number of benzene rings is 1. The highest BCUT2D eigenvalue weighted by atomic mass is 16.1. The first-order chi connectivity index (χ1) is 6.61. The van der Waals surface area contributed by atoms with Crippen molar-refractivity contribution in [3.8, 4) is 11.3 Å². The van der Waals surface area contributed by atoms with E-state index < -0.39 is 0 Å². The van der Waals surface area contributed by atoms with Crippen molar-refractivity contribution in [1.82, 2.24) is 4.57 Å². The van der Waals surface area contributed by atoms with Gasteiger partial charge in [-0.25, -0.2) is 0 Å². The quantitative estimate of drug-likeness (QED) is 0.619. The van der Waals surface area contributed by atoms with E-state index in [4.69, 9.17) is 0 Å². The molecule has 2 heteroatoms. The van der Waals surface area contributed by atoms with E-state index in [0.717, 1.165) is 16.8 Å². The van der Waals surface area contributed by atoms with Crippen LogP contribution in [0.5, 0.6) is 0 Å². The summed E-state index contributed by atoms with van der Waals surface area (Å²) in [5.74, 6) is 0. The molecule has 1 aliphatic heterocycles. The molecule has 0 N–H and O–H groups in total. The molecular weight excluding hydrogens is 174 g/mol. The van der Waals surface area contributed by atoms with Crippen molar-refractivity contribution in [3.05, 3.63) is 45.7 Å². The van der Waals surface area contributed by atoms with Gasteiger partial charge >= 0.3 is 0 Å². The molecule has 2 rings (SSSR count). The monoisotopic (exact) mass is 187 g/mol. The Labute approximate surface area is 83.2 Å². The minimum Gasteiger partial charge on any atom is -0.348 e. The Morgan fingerprint density at radius 2 is 1.93 bits per heavy atom. The Bertz CT molecular complexity index is 511. The zero-order valence-electron chi connectivity index (χ0n) is 8.66. The Kier molecular flexibility index (Phi) is 1.92. The van der Waals surface area contributed by atoms with Crippen LogP contribution in [0.25, 0.3) is 11.3 Å². The fraction of sp³-hybridized carbons (Fsp3) is 0.250. The van der Waals surface area contributed by atoms with E-state index in [1.807, 2.05) is 43.7 Å². The van der Waals surface area contributed by atoms with Crippen LogP contribution >= 0.6 is 0 Å². The van der Waals surface area contributed by atoms with Gasteiger partial charge in [-0.3, -0.25) is 4.79 Å². The molecule has 1 aliphatic carbocycles. The number of fused-ring (bicyclic) bond motifs is 1. The molecule has 0 aromatic rings. The summed E-state index contributed by atoms with van der Waals surface area (Å²) in [5, 5.41) is 0. The number of aromatic nitrogens is 1. The molecule has 0 aromatic heterocycles. The van der Waals surface area contributed by atoms with Crippen molar-refractivity contribution in [3.63, 3.8) is 0 Å². The van der Waals surface area contributed by atoms with Gasteiger partial charge in [-0.15, -0.1) is 0 Å². The molecule has 0 radical (unpaired) electrons. The van der Waals surface area contributed by atoms with E-state index in [1.54, 1.807) is 6.07 Å². The second-order valence-corrected chi connectivity index (χ2v) is 3.68. The highest BCUT2D eigenvalue weighted by Gasteiger charge is 2.11. The molecule has 0 bridgehead atoms. The van der Waals surface area contributed by atoms with Crippen molar-refractivity contribution < 1.29 is 0 Å². The van der Waals surface area contributed by atoms with Crippen molar-refractivity contribution in [2.45, 2.75) is 13.8 Å². The van der Waals surface area contributed by atoms with E-state index >= 15 is 0 Å². The van der Waals surface area contributed by atoms with Crippen LogP contribution in [0.3, 0.4) is 0 Å². The van der Waals surface area contributed by atoms with Gasteiger partial charge in [-0.05, 0) is 37.6 Å². The second kappa shape index (κ2) is 2.98. The highest BCUT2D eigenvalue weighted by Crippen LogP contribution is 2.22. The van der Waals surface area contributed by atoms with E-state index in [1.165, 1.54) is 5.69 Å². The van der Waals surface area contributed by atoms with Crippen LogP contribution in [-0.2, 0) is 7.05 Å². The summed E-state index contributed by atoms with van der Waals surface area (Å²) in [6.45, 7) is 4.03. The summed E-state index contributed by atoms with van der Waals surface area (Å²) in [7, 11) is 1.98. The van der Waals surface area contributed by atoms with Crippen molar-refractivity contribution in [2.24, 2.45) is 7.05 Å². The van der Waals surface area contributed by atoms with Gasteiger partial charge in [0.1, 0.15) is 0 Å². The molecule has 0 saturated heterocycles. The third-order valence-corrected chi connectivity index (χ3v) is 2.71. The molecule has 2 aliphatic rings. The average Bonchev–Trinajstić information content (AvgIpc) is 2.14. The van der Waals surface area contributed by atoms with Crippen LogP contribution in [0, 0.1) is 13.8 Å². The van der Waals surface area contributed by atoms with Gasteiger partial charge in [0.2, 0.25) is 0 Å². The molecule has 0 spiro atoms. The standard InChI is InChI=1S/C12H13NO/c1-8-7-9(2)13(3)10-5-4-6-11(14)12(8)10/h4-7H,1-3H3. The first-order valence-corrected chi connectivity index (χ1v) is 4.67. The Morgan fingerprint density at radius 3 is 2.64 bits per heavy atom. The smallest absolute Gasteiger partial charge is 0.188 e. The third kappa shape index (κ3) is 1.15. The second-order valence-electron chi connectivity index (χ2n) is 3.68. The molecule has 0 unspecified atom stereocenters. The predicted molar refractivity (Wildman–Crippen MR) is 57.8 cm³/mol. The van der Waals surface area contributed by atoms with E-state index in [0.29, 0.717) is 0 Å². The normalized spacial score (nSPS) is 10.8. The molecule has 0 aromatic carbocycles. The van der Waals surface area contributed by atoms with Crippen LogP contribution in [0.15, 0.2) is 29.1 Å². The molecule has 72 valence electrons. The number of aryl methyl sites for hydroxylation is 2. The summed E-state index contributed by atoms with van der Waals surface area (Å²) in [6.07, 6.45) is 0. The largest absolute Gasteiger partial charge is 0.348 e. The molecule has 0 saturated carbocycles. The summed E-state index contributed by atoms with van der Waals surface area (Å²) in [5.41, 5.74) is 4.17. The van der Waals surface area contributed by atoms with Crippen molar-refractivity contribution in [2.75, 3.05) is 0 Å². The van der Waals surface area contributed by atoms with Crippen molar-refractivity contribution in [1.29, 1.82) is 0 Å². The Hall–Kier alpha value is -1.57. The highest BCUT2D eigenvalue weighted by molar-refractivity contribution is 5.65.